The van der Waals surface area contributed by atoms with Crippen molar-refractivity contribution in [2.45, 2.75) is 26.7 Å². The smallest absolute Gasteiger partial charge is 0.314 e. The molecule has 0 aromatic heterocycles. The van der Waals surface area contributed by atoms with Crippen LogP contribution in [0.3, 0.4) is 0 Å². The van der Waals surface area contributed by atoms with Crippen molar-refractivity contribution in [3.05, 3.63) is 42.0 Å². The molecule has 2 heteroatoms. The Kier molecular flexibility index (Phi) is 3.02. The van der Waals surface area contributed by atoms with Crippen LogP contribution in [0.4, 0.5) is 0 Å². The van der Waals surface area contributed by atoms with Crippen molar-refractivity contribution < 1.29 is 9.53 Å². The van der Waals surface area contributed by atoms with E-state index in [4.69, 9.17) is 4.74 Å². The molecule has 1 aliphatic heterocycles. The minimum Gasteiger partial charge on any atom is -0.426 e. The first-order valence-electron chi connectivity index (χ1n) is 6.87. The third kappa shape index (κ3) is 2.23. The minimum atomic E-state index is -0.0727. The Hall–Kier alpha value is -1.83. The minimum absolute atomic E-state index is 0.00157. The summed E-state index contributed by atoms with van der Waals surface area (Å²) in [6.07, 6.45) is 1.69. The molecular formula is C17H18O2. The summed E-state index contributed by atoms with van der Waals surface area (Å²) >= 11 is 0. The van der Waals surface area contributed by atoms with Gasteiger partial charge in [0.25, 0.3) is 0 Å². The fourth-order valence-electron chi connectivity index (χ4n) is 2.89. The number of ether oxygens (including phenoxy) is 1. The van der Waals surface area contributed by atoms with Crippen molar-refractivity contribution in [1.82, 2.24) is 0 Å². The van der Waals surface area contributed by atoms with Gasteiger partial charge in [0.2, 0.25) is 0 Å². The zero-order chi connectivity index (χ0) is 13.4. The zero-order valence-electron chi connectivity index (χ0n) is 11.3. The fraction of sp³-hybridized carbons (Fsp3) is 0.353. The average Bonchev–Trinajstić information content (AvgIpc) is 2.39. The van der Waals surface area contributed by atoms with Crippen LogP contribution < -0.4 is 4.74 Å². The van der Waals surface area contributed by atoms with Crippen molar-refractivity contribution in [3.63, 3.8) is 0 Å². The van der Waals surface area contributed by atoms with Crippen molar-refractivity contribution in [2.75, 3.05) is 0 Å². The lowest BCUT2D eigenvalue weighted by Crippen LogP contribution is -2.28. The number of rotatable bonds is 2. The maximum Gasteiger partial charge on any atom is 0.314 e. The Morgan fingerprint density at radius 3 is 2.79 bits per heavy atom. The molecule has 0 spiro atoms. The Bertz CT molecular complexity index is 628. The van der Waals surface area contributed by atoms with Gasteiger partial charge in [0, 0.05) is 5.56 Å². The van der Waals surface area contributed by atoms with Gasteiger partial charge in [-0.1, -0.05) is 44.2 Å². The van der Waals surface area contributed by atoms with E-state index in [0.29, 0.717) is 5.92 Å². The van der Waals surface area contributed by atoms with Crippen LogP contribution in [0.2, 0.25) is 0 Å². The van der Waals surface area contributed by atoms with E-state index in [9.17, 15) is 4.79 Å². The lowest BCUT2D eigenvalue weighted by Gasteiger charge is -2.25. The topological polar surface area (TPSA) is 26.3 Å². The molecule has 0 unspecified atom stereocenters. The van der Waals surface area contributed by atoms with Crippen LogP contribution in [0, 0.1) is 11.8 Å². The number of benzene rings is 2. The Morgan fingerprint density at radius 2 is 2.00 bits per heavy atom. The second-order valence-corrected chi connectivity index (χ2v) is 5.72. The van der Waals surface area contributed by atoms with E-state index in [2.05, 4.69) is 26.0 Å². The number of fused-ring (bicyclic) bond motifs is 3. The Labute approximate surface area is 113 Å². The van der Waals surface area contributed by atoms with Crippen LogP contribution in [0.1, 0.15) is 25.8 Å². The molecule has 0 saturated carbocycles. The van der Waals surface area contributed by atoms with E-state index in [1.165, 1.54) is 16.3 Å². The van der Waals surface area contributed by atoms with Crippen molar-refractivity contribution >= 4 is 16.7 Å². The molecule has 2 aromatic rings. The summed E-state index contributed by atoms with van der Waals surface area (Å²) in [7, 11) is 0. The molecule has 98 valence electrons. The highest BCUT2D eigenvalue weighted by Crippen LogP contribution is 2.35. The van der Waals surface area contributed by atoms with Crippen LogP contribution >= 0.6 is 0 Å². The Morgan fingerprint density at radius 1 is 1.21 bits per heavy atom. The molecule has 0 N–H and O–H groups in total. The van der Waals surface area contributed by atoms with Gasteiger partial charge < -0.3 is 4.74 Å². The molecule has 0 aliphatic carbocycles. The van der Waals surface area contributed by atoms with Gasteiger partial charge in [-0.25, -0.2) is 0 Å². The summed E-state index contributed by atoms with van der Waals surface area (Å²) in [6, 6.07) is 12.2. The molecule has 2 aromatic carbocycles. The number of hydrogen-bond donors (Lipinski definition) is 0. The van der Waals surface area contributed by atoms with Gasteiger partial charge in [-0.2, -0.15) is 0 Å². The van der Waals surface area contributed by atoms with E-state index in [0.717, 1.165) is 18.6 Å². The van der Waals surface area contributed by atoms with Gasteiger partial charge in [-0.15, -0.1) is 0 Å². The molecule has 0 saturated heterocycles. The Balaban J connectivity index is 2.05. The van der Waals surface area contributed by atoms with Gasteiger partial charge in [0.15, 0.2) is 0 Å². The summed E-state index contributed by atoms with van der Waals surface area (Å²) in [5, 5.41) is 2.42. The molecule has 1 heterocycles. The first-order chi connectivity index (χ1) is 9.15. The van der Waals surface area contributed by atoms with Crippen molar-refractivity contribution in [3.8, 4) is 5.75 Å². The largest absolute Gasteiger partial charge is 0.426 e. The molecule has 3 rings (SSSR count). The van der Waals surface area contributed by atoms with E-state index in [1.54, 1.807) is 0 Å². The zero-order valence-corrected chi connectivity index (χ0v) is 11.3. The average molecular weight is 254 g/mol. The molecule has 1 atom stereocenters. The quantitative estimate of drug-likeness (QED) is 0.599. The van der Waals surface area contributed by atoms with Gasteiger partial charge >= 0.3 is 5.97 Å². The predicted molar refractivity (Wildman–Crippen MR) is 76.2 cm³/mol. The highest BCUT2D eigenvalue weighted by molar-refractivity contribution is 5.91. The van der Waals surface area contributed by atoms with Crippen LogP contribution in [0.15, 0.2) is 36.4 Å². The second kappa shape index (κ2) is 4.69. The van der Waals surface area contributed by atoms with Crippen LogP contribution in [-0.4, -0.2) is 5.97 Å². The maximum atomic E-state index is 12.0. The molecule has 0 radical (unpaired) electrons. The van der Waals surface area contributed by atoms with Crippen molar-refractivity contribution in [2.24, 2.45) is 11.8 Å². The second-order valence-electron chi connectivity index (χ2n) is 5.72. The van der Waals surface area contributed by atoms with Crippen molar-refractivity contribution in [1.29, 1.82) is 0 Å². The summed E-state index contributed by atoms with van der Waals surface area (Å²) in [5.74, 6) is 1.17. The third-order valence-electron chi connectivity index (χ3n) is 3.75. The standard InChI is InChI=1S/C17H18O2/c1-11(2)9-13-10-15-14-6-4-3-5-12(14)7-8-16(15)19-17(13)18/h3-8,11,13H,9-10H2,1-2H3/t13-/m1/s1. The van der Waals surface area contributed by atoms with Gasteiger partial charge in [0.1, 0.15) is 5.75 Å². The normalized spacial score (nSPS) is 18.5. The van der Waals surface area contributed by atoms with Gasteiger partial charge in [-0.3, -0.25) is 4.79 Å². The highest BCUT2D eigenvalue weighted by Gasteiger charge is 2.29. The molecule has 0 amide bonds. The SMILES string of the molecule is CC(C)C[C@@H]1Cc2c(ccc3ccccc23)OC1=O. The maximum absolute atomic E-state index is 12.0. The first kappa shape index (κ1) is 12.2. The summed E-state index contributed by atoms with van der Waals surface area (Å²) < 4.78 is 5.51. The lowest BCUT2D eigenvalue weighted by molar-refractivity contribution is -0.140. The first-order valence-corrected chi connectivity index (χ1v) is 6.87. The highest BCUT2D eigenvalue weighted by atomic mass is 16.5. The van der Waals surface area contributed by atoms with Crippen LogP contribution in [0.5, 0.6) is 5.75 Å². The van der Waals surface area contributed by atoms with Crippen LogP contribution in [0.25, 0.3) is 10.8 Å². The number of hydrogen-bond acceptors (Lipinski definition) is 2. The predicted octanol–water partition coefficient (Wildman–Crippen LogP) is 3.96. The third-order valence-corrected chi connectivity index (χ3v) is 3.75. The molecule has 0 fully saturated rings. The van der Waals surface area contributed by atoms with E-state index < -0.39 is 0 Å². The molecule has 19 heavy (non-hydrogen) atoms. The monoisotopic (exact) mass is 254 g/mol. The number of carbonyl (C=O) groups is 1. The number of esters is 1. The summed E-state index contributed by atoms with van der Waals surface area (Å²) in [5.41, 5.74) is 1.18. The molecular weight excluding hydrogens is 236 g/mol. The lowest BCUT2D eigenvalue weighted by atomic mass is 9.87. The summed E-state index contributed by atoms with van der Waals surface area (Å²) in [6.45, 7) is 4.29. The molecule has 0 bridgehead atoms. The van der Waals surface area contributed by atoms with Crippen LogP contribution in [-0.2, 0) is 11.2 Å². The molecule has 2 nitrogen and oxygen atoms in total. The number of carbonyl (C=O) groups excluding carboxylic acids is 1. The van der Waals surface area contributed by atoms with Gasteiger partial charge in [-0.05, 0) is 35.6 Å². The molecule has 1 aliphatic rings. The van der Waals surface area contributed by atoms with E-state index in [1.807, 2.05) is 24.3 Å². The fourth-order valence-corrected chi connectivity index (χ4v) is 2.89. The summed E-state index contributed by atoms with van der Waals surface area (Å²) in [4.78, 5) is 12.0. The van der Waals surface area contributed by atoms with E-state index in [-0.39, 0.29) is 11.9 Å². The van der Waals surface area contributed by atoms with Gasteiger partial charge in [0.05, 0.1) is 5.92 Å². The van der Waals surface area contributed by atoms with E-state index >= 15 is 0 Å².